The van der Waals surface area contributed by atoms with Gasteiger partial charge in [-0.25, -0.2) is 0 Å². The van der Waals surface area contributed by atoms with E-state index in [1.807, 2.05) is 27.7 Å². The molecule has 0 aromatic heterocycles. The first kappa shape index (κ1) is 18.9. The van der Waals surface area contributed by atoms with Crippen LogP contribution in [-0.2, 0) is 9.59 Å². The summed E-state index contributed by atoms with van der Waals surface area (Å²) in [5.74, 6) is -1.38. The van der Waals surface area contributed by atoms with Crippen molar-refractivity contribution in [3.8, 4) is 0 Å². The van der Waals surface area contributed by atoms with Crippen LogP contribution in [0.3, 0.4) is 0 Å². The zero-order valence-corrected chi connectivity index (χ0v) is 12.8. The summed E-state index contributed by atoms with van der Waals surface area (Å²) in [4.78, 5) is 23.6. The van der Waals surface area contributed by atoms with Gasteiger partial charge in [-0.05, 0) is 11.8 Å². The molecular formula is C14H28N2O4. The Balaban J connectivity index is 4.50. The van der Waals surface area contributed by atoms with Gasteiger partial charge in [0, 0.05) is 0 Å². The molecule has 2 unspecified atom stereocenters. The molecule has 0 aromatic rings. The third-order valence-electron chi connectivity index (χ3n) is 3.89. The summed E-state index contributed by atoms with van der Waals surface area (Å²) in [6.07, 6.45) is 1.58. The SMILES string of the molecule is CCC(C)[C@@H](CO)NC(=O)C(=O)N[C@H](CO)C(C)CC. The lowest BCUT2D eigenvalue weighted by atomic mass is 9.99. The summed E-state index contributed by atoms with van der Waals surface area (Å²) >= 11 is 0. The standard InChI is InChI=1S/C14H28N2O4/c1-5-9(3)11(7-17)15-13(19)14(20)16-12(8-18)10(4)6-2/h9-12,17-18H,5-8H2,1-4H3,(H,15,19)(H,16,20)/t9?,10?,11-,12-/m1/s1. The highest BCUT2D eigenvalue weighted by Crippen LogP contribution is 2.08. The number of aliphatic hydroxyl groups is 2. The van der Waals surface area contributed by atoms with Gasteiger partial charge in [-0.2, -0.15) is 0 Å². The second-order valence-corrected chi connectivity index (χ2v) is 5.30. The van der Waals surface area contributed by atoms with Gasteiger partial charge in [0.25, 0.3) is 0 Å². The predicted octanol–water partition coefficient (Wildman–Crippen LogP) is 0.0328. The highest BCUT2D eigenvalue weighted by Gasteiger charge is 2.25. The lowest BCUT2D eigenvalue weighted by Crippen LogP contribution is -2.52. The molecular weight excluding hydrogens is 260 g/mol. The van der Waals surface area contributed by atoms with Gasteiger partial charge < -0.3 is 20.8 Å². The smallest absolute Gasteiger partial charge is 0.309 e. The molecule has 0 spiro atoms. The molecule has 6 nitrogen and oxygen atoms in total. The van der Waals surface area contributed by atoms with E-state index in [1.165, 1.54) is 0 Å². The van der Waals surface area contributed by atoms with Crippen LogP contribution < -0.4 is 10.6 Å². The zero-order valence-electron chi connectivity index (χ0n) is 12.8. The quantitative estimate of drug-likeness (QED) is 0.474. The van der Waals surface area contributed by atoms with Crippen molar-refractivity contribution in [2.75, 3.05) is 13.2 Å². The van der Waals surface area contributed by atoms with Gasteiger partial charge in [0.2, 0.25) is 0 Å². The Kier molecular flexibility index (Phi) is 9.16. The van der Waals surface area contributed by atoms with Crippen LogP contribution in [0.2, 0.25) is 0 Å². The minimum atomic E-state index is -0.772. The van der Waals surface area contributed by atoms with Crippen molar-refractivity contribution in [3.63, 3.8) is 0 Å². The maximum atomic E-state index is 11.8. The molecule has 2 amide bonds. The number of carbonyl (C=O) groups is 2. The first-order valence-corrected chi connectivity index (χ1v) is 7.24. The van der Waals surface area contributed by atoms with Crippen LogP contribution in [0.5, 0.6) is 0 Å². The number of nitrogens with one attached hydrogen (secondary N) is 2. The number of amides is 2. The van der Waals surface area contributed by atoms with Gasteiger partial charge in [-0.1, -0.05) is 40.5 Å². The molecule has 6 heteroatoms. The Morgan fingerprint density at radius 1 is 0.850 bits per heavy atom. The summed E-state index contributed by atoms with van der Waals surface area (Å²) in [5, 5.41) is 23.5. The average molecular weight is 288 g/mol. The van der Waals surface area contributed by atoms with Crippen LogP contribution in [-0.4, -0.2) is 47.3 Å². The maximum Gasteiger partial charge on any atom is 0.309 e. The molecule has 0 fully saturated rings. The van der Waals surface area contributed by atoms with Gasteiger partial charge in [-0.3, -0.25) is 9.59 Å². The first-order valence-electron chi connectivity index (χ1n) is 7.24. The van der Waals surface area contributed by atoms with Gasteiger partial charge in [-0.15, -0.1) is 0 Å². The molecule has 0 aromatic carbocycles. The minimum absolute atomic E-state index is 0.0833. The van der Waals surface area contributed by atoms with Gasteiger partial charge in [0.05, 0.1) is 25.3 Å². The Hall–Kier alpha value is -1.14. The lowest BCUT2D eigenvalue weighted by Gasteiger charge is -2.24. The van der Waals surface area contributed by atoms with E-state index in [1.54, 1.807) is 0 Å². The summed E-state index contributed by atoms with van der Waals surface area (Å²) in [6, 6.07) is -0.871. The fourth-order valence-corrected chi connectivity index (χ4v) is 1.77. The second kappa shape index (κ2) is 9.72. The van der Waals surface area contributed by atoms with Crippen molar-refractivity contribution in [2.24, 2.45) is 11.8 Å². The number of hydrogen-bond donors (Lipinski definition) is 4. The molecule has 0 bridgehead atoms. The number of hydrogen-bond acceptors (Lipinski definition) is 4. The molecule has 0 heterocycles. The molecule has 4 N–H and O–H groups in total. The first-order chi connectivity index (χ1) is 9.40. The maximum absolute atomic E-state index is 11.8. The Morgan fingerprint density at radius 3 is 1.35 bits per heavy atom. The van der Waals surface area contributed by atoms with Crippen molar-refractivity contribution < 1.29 is 19.8 Å². The molecule has 0 saturated heterocycles. The summed E-state index contributed by atoms with van der Waals surface area (Å²) in [5.41, 5.74) is 0. The van der Waals surface area contributed by atoms with Gasteiger partial charge in [0.1, 0.15) is 0 Å². The second-order valence-electron chi connectivity index (χ2n) is 5.30. The summed E-state index contributed by atoms with van der Waals surface area (Å²) in [7, 11) is 0. The summed E-state index contributed by atoms with van der Waals surface area (Å²) in [6.45, 7) is 7.28. The van der Waals surface area contributed by atoms with E-state index in [9.17, 15) is 19.8 Å². The third kappa shape index (κ3) is 5.88. The Bertz CT molecular complexity index is 280. The van der Waals surface area contributed by atoms with E-state index in [-0.39, 0.29) is 25.0 Å². The van der Waals surface area contributed by atoms with Crippen LogP contribution in [0, 0.1) is 11.8 Å². The molecule has 0 aliphatic rings. The number of carbonyl (C=O) groups excluding carboxylic acids is 2. The normalized spacial score (nSPS) is 16.9. The van der Waals surface area contributed by atoms with Crippen LogP contribution in [0.1, 0.15) is 40.5 Å². The highest BCUT2D eigenvalue weighted by molar-refractivity contribution is 6.35. The monoisotopic (exact) mass is 288 g/mol. The molecule has 0 rings (SSSR count). The molecule has 20 heavy (non-hydrogen) atoms. The van der Waals surface area contributed by atoms with Crippen molar-refractivity contribution in [2.45, 2.75) is 52.6 Å². The highest BCUT2D eigenvalue weighted by atomic mass is 16.3. The van der Waals surface area contributed by atoms with Crippen molar-refractivity contribution in [1.29, 1.82) is 0 Å². The van der Waals surface area contributed by atoms with Crippen LogP contribution >= 0.6 is 0 Å². The van der Waals surface area contributed by atoms with E-state index in [4.69, 9.17) is 0 Å². The van der Waals surface area contributed by atoms with Crippen molar-refractivity contribution in [1.82, 2.24) is 10.6 Å². The van der Waals surface area contributed by atoms with E-state index >= 15 is 0 Å². The molecule has 4 atom stereocenters. The van der Waals surface area contributed by atoms with E-state index in [2.05, 4.69) is 10.6 Å². The lowest BCUT2D eigenvalue weighted by molar-refractivity contribution is -0.140. The average Bonchev–Trinajstić information content (AvgIpc) is 2.47. The van der Waals surface area contributed by atoms with Gasteiger partial charge in [0.15, 0.2) is 0 Å². The Labute approximate surface area is 120 Å². The minimum Gasteiger partial charge on any atom is -0.394 e. The number of aliphatic hydroxyl groups excluding tert-OH is 2. The molecule has 0 aliphatic carbocycles. The molecule has 0 aliphatic heterocycles. The third-order valence-corrected chi connectivity index (χ3v) is 3.89. The van der Waals surface area contributed by atoms with E-state index < -0.39 is 23.9 Å². The van der Waals surface area contributed by atoms with Crippen molar-refractivity contribution >= 4 is 11.8 Å². The Morgan fingerprint density at radius 2 is 1.15 bits per heavy atom. The largest absolute Gasteiger partial charge is 0.394 e. The molecule has 0 radical (unpaired) electrons. The van der Waals surface area contributed by atoms with E-state index in [0.717, 1.165) is 12.8 Å². The molecule has 118 valence electrons. The fraction of sp³-hybridized carbons (Fsp3) is 0.857. The van der Waals surface area contributed by atoms with Crippen molar-refractivity contribution in [3.05, 3.63) is 0 Å². The number of rotatable bonds is 8. The summed E-state index contributed by atoms with van der Waals surface area (Å²) < 4.78 is 0. The van der Waals surface area contributed by atoms with Crippen LogP contribution in [0.15, 0.2) is 0 Å². The predicted molar refractivity (Wildman–Crippen MR) is 76.9 cm³/mol. The van der Waals surface area contributed by atoms with Crippen LogP contribution in [0.25, 0.3) is 0 Å². The van der Waals surface area contributed by atoms with Gasteiger partial charge >= 0.3 is 11.8 Å². The topological polar surface area (TPSA) is 98.7 Å². The zero-order chi connectivity index (χ0) is 15.7. The molecule has 0 saturated carbocycles. The van der Waals surface area contributed by atoms with E-state index in [0.29, 0.717) is 0 Å². The fourth-order valence-electron chi connectivity index (χ4n) is 1.77. The van der Waals surface area contributed by atoms with Crippen LogP contribution in [0.4, 0.5) is 0 Å².